The van der Waals surface area contributed by atoms with Crippen molar-refractivity contribution in [2.24, 2.45) is 0 Å². The zero-order valence-electron chi connectivity index (χ0n) is 11.3. The van der Waals surface area contributed by atoms with Gasteiger partial charge in [0.15, 0.2) is 0 Å². The van der Waals surface area contributed by atoms with Gasteiger partial charge < -0.3 is 14.6 Å². The smallest absolute Gasteiger partial charge is 0.0955 e. The summed E-state index contributed by atoms with van der Waals surface area (Å²) in [5, 5.41) is 3.59. The van der Waals surface area contributed by atoms with Crippen LogP contribution in [0.4, 0.5) is 11.4 Å². The number of anilines is 2. The summed E-state index contributed by atoms with van der Waals surface area (Å²) >= 11 is 0. The van der Waals surface area contributed by atoms with E-state index >= 15 is 0 Å². The zero-order valence-corrected chi connectivity index (χ0v) is 11.3. The summed E-state index contributed by atoms with van der Waals surface area (Å²) < 4.78 is 5.15. The number of rotatable bonds is 4. The monoisotopic (exact) mass is 256 g/mol. The van der Waals surface area contributed by atoms with Gasteiger partial charge in [0.25, 0.3) is 0 Å². The molecule has 1 atom stereocenters. The number of hydrogen-bond donors (Lipinski definition) is 1. The van der Waals surface area contributed by atoms with E-state index in [1.54, 1.807) is 12.5 Å². The average molecular weight is 256 g/mol. The third kappa shape index (κ3) is 2.60. The quantitative estimate of drug-likeness (QED) is 0.894. The van der Waals surface area contributed by atoms with E-state index in [1.807, 2.05) is 6.07 Å². The normalized spacial score (nSPS) is 16.6. The van der Waals surface area contributed by atoms with Crippen LogP contribution in [-0.4, -0.2) is 13.1 Å². The molecule has 1 aliphatic rings. The molecule has 0 bridgehead atoms. The predicted molar refractivity (Wildman–Crippen MR) is 78.6 cm³/mol. The average Bonchev–Trinajstić information content (AvgIpc) is 3.13. The Hall–Kier alpha value is -1.90. The summed E-state index contributed by atoms with van der Waals surface area (Å²) in [7, 11) is 0. The van der Waals surface area contributed by atoms with Crippen molar-refractivity contribution in [3.63, 3.8) is 0 Å². The van der Waals surface area contributed by atoms with Crippen molar-refractivity contribution in [3.8, 4) is 0 Å². The Morgan fingerprint density at radius 1 is 1.16 bits per heavy atom. The van der Waals surface area contributed by atoms with Crippen molar-refractivity contribution in [1.82, 2.24) is 0 Å². The maximum absolute atomic E-state index is 5.15. The highest BCUT2D eigenvalue weighted by Gasteiger charge is 2.16. The fourth-order valence-electron chi connectivity index (χ4n) is 2.67. The van der Waals surface area contributed by atoms with Crippen LogP contribution < -0.4 is 10.2 Å². The topological polar surface area (TPSA) is 28.4 Å². The van der Waals surface area contributed by atoms with Crippen molar-refractivity contribution in [1.29, 1.82) is 0 Å². The van der Waals surface area contributed by atoms with Crippen LogP contribution in [0.25, 0.3) is 0 Å². The number of nitrogens with one attached hydrogen (secondary N) is 1. The van der Waals surface area contributed by atoms with Gasteiger partial charge in [-0.15, -0.1) is 0 Å². The van der Waals surface area contributed by atoms with Crippen molar-refractivity contribution < 1.29 is 4.42 Å². The molecule has 3 nitrogen and oxygen atoms in total. The van der Waals surface area contributed by atoms with Gasteiger partial charge in [-0.1, -0.05) is 12.1 Å². The van der Waals surface area contributed by atoms with E-state index < -0.39 is 0 Å². The molecule has 2 aromatic rings. The van der Waals surface area contributed by atoms with Crippen LogP contribution in [0, 0.1) is 0 Å². The molecule has 1 unspecified atom stereocenters. The lowest BCUT2D eigenvalue weighted by atomic mass is 10.1. The third-order valence-corrected chi connectivity index (χ3v) is 3.77. The van der Waals surface area contributed by atoms with Crippen molar-refractivity contribution >= 4 is 11.4 Å². The highest BCUT2D eigenvalue weighted by atomic mass is 16.3. The summed E-state index contributed by atoms with van der Waals surface area (Å²) in [5.74, 6) is 0. The van der Waals surface area contributed by atoms with Gasteiger partial charge in [-0.3, -0.25) is 0 Å². The van der Waals surface area contributed by atoms with Crippen LogP contribution in [0.15, 0.2) is 47.3 Å². The number of hydrogen-bond acceptors (Lipinski definition) is 3. The lowest BCUT2D eigenvalue weighted by molar-refractivity contribution is 0.562. The second kappa shape index (κ2) is 5.39. The maximum Gasteiger partial charge on any atom is 0.0955 e. The minimum Gasteiger partial charge on any atom is -0.472 e. The maximum atomic E-state index is 5.15. The van der Waals surface area contributed by atoms with Crippen LogP contribution in [0.5, 0.6) is 0 Å². The summed E-state index contributed by atoms with van der Waals surface area (Å²) in [6.45, 7) is 4.49. The molecule has 2 heterocycles. The van der Waals surface area contributed by atoms with Crippen LogP contribution >= 0.6 is 0 Å². The second-order valence-electron chi connectivity index (χ2n) is 5.13. The largest absolute Gasteiger partial charge is 0.472 e. The summed E-state index contributed by atoms with van der Waals surface area (Å²) in [6.07, 6.45) is 6.12. The molecule has 0 amide bonds. The van der Waals surface area contributed by atoms with Crippen molar-refractivity contribution in [3.05, 3.63) is 48.4 Å². The second-order valence-corrected chi connectivity index (χ2v) is 5.13. The van der Waals surface area contributed by atoms with E-state index in [-0.39, 0.29) is 6.04 Å². The molecule has 1 aromatic heterocycles. The highest BCUT2D eigenvalue weighted by Crippen LogP contribution is 2.31. The SMILES string of the molecule is CC(Nc1ccccc1N1CCCC1)c1ccoc1. The van der Waals surface area contributed by atoms with Crippen molar-refractivity contribution in [2.45, 2.75) is 25.8 Å². The van der Waals surface area contributed by atoms with Crippen LogP contribution in [0.2, 0.25) is 0 Å². The van der Waals surface area contributed by atoms with Crippen molar-refractivity contribution in [2.75, 3.05) is 23.3 Å². The van der Waals surface area contributed by atoms with Crippen LogP contribution in [0.1, 0.15) is 31.4 Å². The molecule has 100 valence electrons. The van der Waals surface area contributed by atoms with Gasteiger partial charge in [0.2, 0.25) is 0 Å². The van der Waals surface area contributed by atoms with E-state index in [1.165, 1.54) is 42.9 Å². The number of benzene rings is 1. The third-order valence-electron chi connectivity index (χ3n) is 3.77. The Labute approximate surface area is 114 Å². The lowest BCUT2D eigenvalue weighted by Crippen LogP contribution is -2.19. The Bertz CT molecular complexity index is 515. The van der Waals surface area contributed by atoms with Crippen LogP contribution in [0.3, 0.4) is 0 Å². The molecule has 3 rings (SSSR count). The van der Waals surface area contributed by atoms with Gasteiger partial charge in [0.1, 0.15) is 0 Å². The first-order chi connectivity index (χ1) is 9.34. The fourth-order valence-corrected chi connectivity index (χ4v) is 2.67. The van der Waals surface area contributed by atoms with Gasteiger partial charge >= 0.3 is 0 Å². The molecule has 1 saturated heterocycles. The first-order valence-electron chi connectivity index (χ1n) is 6.97. The van der Waals surface area contributed by atoms with Gasteiger partial charge in [0, 0.05) is 18.7 Å². The minimum atomic E-state index is 0.252. The van der Waals surface area contributed by atoms with E-state index in [0.29, 0.717) is 0 Å². The van der Waals surface area contributed by atoms with E-state index in [2.05, 4.69) is 41.4 Å². The van der Waals surface area contributed by atoms with Crippen LogP contribution in [-0.2, 0) is 0 Å². The van der Waals surface area contributed by atoms with E-state index in [4.69, 9.17) is 4.42 Å². The van der Waals surface area contributed by atoms with E-state index in [9.17, 15) is 0 Å². The Balaban J connectivity index is 1.80. The first kappa shape index (κ1) is 12.2. The molecule has 3 heteroatoms. The number of nitrogens with zero attached hydrogens (tertiary/aromatic N) is 1. The molecule has 0 radical (unpaired) electrons. The lowest BCUT2D eigenvalue weighted by Gasteiger charge is -2.24. The fraction of sp³-hybridized carbons (Fsp3) is 0.375. The van der Waals surface area contributed by atoms with Gasteiger partial charge in [-0.2, -0.15) is 0 Å². The van der Waals surface area contributed by atoms with Gasteiger partial charge in [0.05, 0.1) is 29.9 Å². The summed E-state index contributed by atoms with van der Waals surface area (Å²) in [6, 6.07) is 10.8. The first-order valence-corrected chi connectivity index (χ1v) is 6.97. The zero-order chi connectivity index (χ0) is 13.1. The molecule has 1 aromatic carbocycles. The molecule has 1 aliphatic heterocycles. The van der Waals surface area contributed by atoms with Gasteiger partial charge in [-0.25, -0.2) is 0 Å². The summed E-state index contributed by atoms with van der Waals surface area (Å²) in [5.41, 5.74) is 3.70. The highest BCUT2D eigenvalue weighted by molar-refractivity contribution is 5.70. The molecule has 0 saturated carbocycles. The predicted octanol–water partition coefficient (Wildman–Crippen LogP) is 4.05. The van der Waals surface area contributed by atoms with Gasteiger partial charge in [-0.05, 0) is 38.0 Å². The Kier molecular flexibility index (Phi) is 3.45. The molecule has 1 fully saturated rings. The molecular weight excluding hydrogens is 236 g/mol. The molecule has 19 heavy (non-hydrogen) atoms. The Morgan fingerprint density at radius 3 is 2.68 bits per heavy atom. The molecule has 0 aliphatic carbocycles. The standard InChI is InChI=1S/C16H20N2O/c1-13(14-8-11-19-12-14)17-15-6-2-3-7-16(15)18-9-4-5-10-18/h2-3,6-8,11-13,17H,4-5,9-10H2,1H3. The summed E-state index contributed by atoms with van der Waals surface area (Å²) in [4.78, 5) is 2.46. The molecular formula is C16H20N2O. The minimum absolute atomic E-state index is 0.252. The molecule has 1 N–H and O–H groups in total. The Morgan fingerprint density at radius 2 is 1.95 bits per heavy atom. The molecule has 0 spiro atoms. The van der Waals surface area contributed by atoms with E-state index in [0.717, 1.165) is 0 Å². The number of para-hydroxylation sites is 2. The number of furan rings is 1.